The number of rotatable bonds is 7. The SMILES string of the molecule is CNC(C)c1ccc(OC)cc1OCC(C)(O)C(C)C. The number of ether oxygens (including phenoxy) is 2. The molecular formula is C16H27NO3. The predicted octanol–water partition coefficient (Wildman–Crippen LogP) is 2.76. The van der Waals surface area contributed by atoms with Crippen LogP contribution in [-0.4, -0.2) is 31.5 Å². The quantitative estimate of drug-likeness (QED) is 0.807. The van der Waals surface area contributed by atoms with Crippen LogP contribution in [0.5, 0.6) is 11.5 Å². The van der Waals surface area contributed by atoms with E-state index in [-0.39, 0.29) is 18.6 Å². The molecule has 20 heavy (non-hydrogen) atoms. The van der Waals surface area contributed by atoms with Crippen molar-refractivity contribution in [2.75, 3.05) is 20.8 Å². The van der Waals surface area contributed by atoms with E-state index in [0.29, 0.717) is 0 Å². The average molecular weight is 281 g/mol. The molecule has 0 bridgehead atoms. The van der Waals surface area contributed by atoms with Crippen LogP contribution in [0, 0.1) is 5.92 Å². The van der Waals surface area contributed by atoms with Gasteiger partial charge in [-0.2, -0.15) is 0 Å². The van der Waals surface area contributed by atoms with E-state index in [1.54, 1.807) is 14.0 Å². The van der Waals surface area contributed by atoms with E-state index in [9.17, 15) is 5.11 Å². The van der Waals surface area contributed by atoms with Gasteiger partial charge in [0, 0.05) is 17.7 Å². The topological polar surface area (TPSA) is 50.7 Å². The van der Waals surface area contributed by atoms with Crippen molar-refractivity contribution in [2.24, 2.45) is 5.92 Å². The van der Waals surface area contributed by atoms with Crippen LogP contribution in [0.2, 0.25) is 0 Å². The lowest BCUT2D eigenvalue weighted by molar-refractivity contribution is -0.0270. The summed E-state index contributed by atoms with van der Waals surface area (Å²) in [6, 6.07) is 5.93. The van der Waals surface area contributed by atoms with Crippen molar-refractivity contribution < 1.29 is 14.6 Å². The van der Waals surface area contributed by atoms with Gasteiger partial charge in [-0.25, -0.2) is 0 Å². The summed E-state index contributed by atoms with van der Waals surface area (Å²) in [6.45, 7) is 8.06. The normalized spacial score (nSPS) is 15.8. The number of hydrogen-bond acceptors (Lipinski definition) is 4. The highest BCUT2D eigenvalue weighted by Crippen LogP contribution is 2.30. The molecule has 2 unspecified atom stereocenters. The van der Waals surface area contributed by atoms with Crippen molar-refractivity contribution in [2.45, 2.75) is 39.3 Å². The van der Waals surface area contributed by atoms with E-state index in [0.717, 1.165) is 17.1 Å². The van der Waals surface area contributed by atoms with Crippen molar-refractivity contribution in [3.63, 3.8) is 0 Å². The summed E-state index contributed by atoms with van der Waals surface area (Å²) in [4.78, 5) is 0. The van der Waals surface area contributed by atoms with Gasteiger partial charge in [-0.3, -0.25) is 0 Å². The number of benzene rings is 1. The second kappa shape index (κ2) is 6.95. The lowest BCUT2D eigenvalue weighted by Crippen LogP contribution is -2.38. The Morgan fingerprint density at radius 2 is 1.95 bits per heavy atom. The largest absolute Gasteiger partial charge is 0.497 e. The molecule has 1 aromatic carbocycles. The van der Waals surface area contributed by atoms with Crippen molar-refractivity contribution >= 4 is 0 Å². The molecule has 4 nitrogen and oxygen atoms in total. The molecular weight excluding hydrogens is 254 g/mol. The zero-order valence-electron chi connectivity index (χ0n) is 13.4. The van der Waals surface area contributed by atoms with Crippen LogP contribution in [-0.2, 0) is 0 Å². The summed E-state index contributed by atoms with van der Waals surface area (Å²) < 4.78 is 11.1. The molecule has 0 aliphatic rings. The average Bonchev–Trinajstić information content (AvgIpc) is 2.43. The van der Waals surface area contributed by atoms with E-state index in [1.165, 1.54) is 0 Å². The fourth-order valence-corrected chi connectivity index (χ4v) is 1.67. The Hall–Kier alpha value is -1.26. The Morgan fingerprint density at radius 3 is 2.45 bits per heavy atom. The maximum atomic E-state index is 10.3. The Bertz CT molecular complexity index is 430. The number of methoxy groups -OCH3 is 1. The van der Waals surface area contributed by atoms with Gasteiger partial charge in [-0.05, 0) is 32.9 Å². The van der Waals surface area contributed by atoms with Crippen LogP contribution in [0.15, 0.2) is 18.2 Å². The second-order valence-electron chi connectivity index (χ2n) is 5.71. The molecule has 0 saturated carbocycles. The molecule has 114 valence electrons. The molecule has 1 rings (SSSR count). The molecule has 2 atom stereocenters. The predicted molar refractivity (Wildman–Crippen MR) is 81.4 cm³/mol. The van der Waals surface area contributed by atoms with Crippen LogP contribution in [0.25, 0.3) is 0 Å². The Kier molecular flexibility index (Phi) is 5.84. The number of hydrogen-bond donors (Lipinski definition) is 2. The minimum Gasteiger partial charge on any atom is -0.497 e. The van der Waals surface area contributed by atoms with Gasteiger partial charge in [0.2, 0.25) is 0 Å². The summed E-state index contributed by atoms with van der Waals surface area (Å²) in [7, 11) is 3.54. The zero-order valence-corrected chi connectivity index (χ0v) is 13.4. The highest BCUT2D eigenvalue weighted by molar-refractivity contribution is 5.42. The highest BCUT2D eigenvalue weighted by Gasteiger charge is 2.26. The molecule has 0 saturated heterocycles. The Labute approximate surface area is 122 Å². The molecule has 0 amide bonds. The summed E-state index contributed by atoms with van der Waals surface area (Å²) in [5.74, 6) is 1.61. The van der Waals surface area contributed by atoms with Gasteiger partial charge in [-0.1, -0.05) is 19.9 Å². The lowest BCUT2D eigenvalue weighted by Gasteiger charge is -2.28. The molecule has 0 aliphatic carbocycles. The van der Waals surface area contributed by atoms with Crippen molar-refractivity contribution in [3.8, 4) is 11.5 Å². The van der Waals surface area contributed by atoms with Crippen LogP contribution in [0.1, 0.15) is 39.3 Å². The summed E-state index contributed by atoms with van der Waals surface area (Å²) in [6.07, 6.45) is 0. The fraction of sp³-hybridized carbons (Fsp3) is 0.625. The molecule has 4 heteroatoms. The molecule has 0 heterocycles. The van der Waals surface area contributed by atoms with Gasteiger partial charge in [0.1, 0.15) is 18.1 Å². The minimum atomic E-state index is -0.858. The van der Waals surface area contributed by atoms with Gasteiger partial charge < -0.3 is 19.9 Å². The van der Waals surface area contributed by atoms with Gasteiger partial charge >= 0.3 is 0 Å². The van der Waals surface area contributed by atoms with E-state index in [1.807, 2.05) is 39.1 Å². The maximum absolute atomic E-state index is 10.3. The fourth-order valence-electron chi connectivity index (χ4n) is 1.67. The van der Waals surface area contributed by atoms with E-state index >= 15 is 0 Å². The molecule has 0 spiro atoms. The zero-order chi connectivity index (χ0) is 15.3. The standard InChI is InChI=1S/C16H27NO3/c1-11(2)16(4,18)10-20-15-9-13(19-6)7-8-14(15)12(3)17-5/h7-9,11-12,17-18H,10H2,1-6H3. The van der Waals surface area contributed by atoms with Crippen LogP contribution < -0.4 is 14.8 Å². The molecule has 1 aromatic rings. The third-order valence-corrected chi connectivity index (χ3v) is 3.88. The first kappa shape index (κ1) is 16.8. The van der Waals surface area contributed by atoms with E-state index < -0.39 is 5.60 Å². The van der Waals surface area contributed by atoms with Crippen molar-refractivity contribution in [1.82, 2.24) is 5.32 Å². The monoisotopic (exact) mass is 281 g/mol. The Balaban J connectivity index is 2.96. The van der Waals surface area contributed by atoms with E-state index in [2.05, 4.69) is 12.2 Å². The second-order valence-corrected chi connectivity index (χ2v) is 5.71. The molecule has 0 aliphatic heterocycles. The van der Waals surface area contributed by atoms with E-state index in [4.69, 9.17) is 9.47 Å². The maximum Gasteiger partial charge on any atom is 0.127 e. The lowest BCUT2D eigenvalue weighted by atomic mass is 9.93. The number of nitrogens with one attached hydrogen (secondary N) is 1. The smallest absolute Gasteiger partial charge is 0.127 e. The number of aliphatic hydroxyl groups is 1. The molecule has 0 fully saturated rings. The van der Waals surface area contributed by atoms with Gasteiger partial charge in [0.25, 0.3) is 0 Å². The third-order valence-electron chi connectivity index (χ3n) is 3.88. The summed E-state index contributed by atoms with van der Waals surface area (Å²) >= 11 is 0. The van der Waals surface area contributed by atoms with Gasteiger partial charge in [-0.15, -0.1) is 0 Å². The Morgan fingerprint density at radius 1 is 1.30 bits per heavy atom. The summed E-state index contributed by atoms with van der Waals surface area (Å²) in [5.41, 5.74) is 0.191. The summed E-state index contributed by atoms with van der Waals surface area (Å²) in [5, 5.41) is 13.5. The van der Waals surface area contributed by atoms with Gasteiger partial charge in [0.15, 0.2) is 0 Å². The molecule has 2 N–H and O–H groups in total. The van der Waals surface area contributed by atoms with Crippen LogP contribution in [0.4, 0.5) is 0 Å². The minimum absolute atomic E-state index is 0.123. The molecule has 0 radical (unpaired) electrons. The first-order chi connectivity index (χ1) is 9.31. The van der Waals surface area contributed by atoms with Crippen LogP contribution in [0.3, 0.4) is 0 Å². The van der Waals surface area contributed by atoms with Crippen molar-refractivity contribution in [3.05, 3.63) is 23.8 Å². The first-order valence-electron chi connectivity index (χ1n) is 7.02. The van der Waals surface area contributed by atoms with Crippen molar-refractivity contribution in [1.29, 1.82) is 0 Å². The molecule has 0 aromatic heterocycles. The first-order valence-corrected chi connectivity index (χ1v) is 7.02. The van der Waals surface area contributed by atoms with Gasteiger partial charge in [0.05, 0.1) is 12.7 Å². The van der Waals surface area contributed by atoms with Crippen LogP contribution >= 0.6 is 0 Å². The highest BCUT2D eigenvalue weighted by atomic mass is 16.5. The third kappa shape index (κ3) is 4.12.